The van der Waals surface area contributed by atoms with Crippen molar-refractivity contribution in [2.45, 2.75) is 244 Å². The second-order valence-corrected chi connectivity index (χ2v) is 17.9. The van der Waals surface area contributed by atoms with Crippen LogP contribution < -0.4 is 0 Å². The minimum atomic E-state index is -4.62. The molecule has 0 fully saturated rings. The van der Waals surface area contributed by atoms with Crippen LogP contribution in [0.3, 0.4) is 0 Å². The summed E-state index contributed by atoms with van der Waals surface area (Å²) in [4.78, 5) is 35.1. The van der Waals surface area contributed by atoms with E-state index < -0.39 is 51.8 Å². The van der Waals surface area contributed by atoms with Gasteiger partial charge in [-0.05, 0) is 57.8 Å². The first-order valence-electron chi connectivity index (χ1n) is 24.3. The molecule has 3 atom stereocenters. The second kappa shape index (κ2) is 44.5. The standard InChI is InChI=1S/C48H91O10P/c1-3-5-7-9-11-13-15-17-19-20-21-22-23-24-26-28-30-32-34-36-38-40-48(52)58-46(44-57-59(53,54)56-42-45(50)41-49)43-55-47(51)39-37-35-33-31-29-27-25-18-16-14-12-10-8-6-4-2/h10,12,17,19,45-46,49-50H,3-9,11,13-16,18,20-44H2,1-2H3,(H,53,54)/b12-10+,19-17+/t45-,46+/m0/s1. The Morgan fingerprint density at radius 2 is 0.847 bits per heavy atom. The largest absolute Gasteiger partial charge is 0.472 e. The monoisotopic (exact) mass is 859 g/mol. The third-order valence-corrected chi connectivity index (χ3v) is 11.5. The van der Waals surface area contributed by atoms with Gasteiger partial charge in [0.25, 0.3) is 0 Å². The average Bonchev–Trinajstić information content (AvgIpc) is 3.22. The van der Waals surface area contributed by atoms with Gasteiger partial charge in [0, 0.05) is 12.8 Å². The van der Waals surface area contributed by atoms with Crippen molar-refractivity contribution >= 4 is 19.8 Å². The molecule has 11 heteroatoms. The number of carbonyl (C=O) groups excluding carboxylic acids is 2. The van der Waals surface area contributed by atoms with Gasteiger partial charge >= 0.3 is 19.8 Å². The van der Waals surface area contributed by atoms with Gasteiger partial charge in [0.2, 0.25) is 0 Å². The van der Waals surface area contributed by atoms with E-state index in [-0.39, 0.29) is 19.4 Å². The van der Waals surface area contributed by atoms with Gasteiger partial charge in [0.15, 0.2) is 6.10 Å². The van der Waals surface area contributed by atoms with Crippen molar-refractivity contribution in [1.82, 2.24) is 0 Å². The van der Waals surface area contributed by atoms with Crippen molar-refractivity contribution in [3.05, 3.63) is 24.3 Å². The van der Waals surface area contributed by atoms with Gasteiger partial charge in [-0.2, -0.15) is 0 Å². The fraction of sp³-hybridized carbons (Fsp3) is 0.875. The summed E-state index contributed by atoms with van der Waals surface area (Å²) in [6.45, 7) is 2.38. The molecule has 348 valence electrons. The summed E-state index contributed by atoms with van der Waals surface area (Å²) in [5, 5.41) is 18.4. The van der Waals surface area contributed by atoms with E-state index in [1.165, 1.54) is 154 Å². The first-order chi connectivity index (χ1) is 28.7. The highest BCUT2D eigenvalue weighted by Crippen LogP contribution is 2.43. The molecule has 0 radical (unpaired) electrons. The molecular weight excluding hydrogens is 767 g/mol. The lowest BCUT2D eigenvalue weighted by Gasteiger charge is -2.20. The number of phosphoric acid groups is 1. The molecule has 0 saturated heterocycles. The van der Waals surface area contributed by atoms with Crippen molar-refractivity contribution in [2.75, 3.05) is 26.4 Å². The Morgan fingerprint density at radius 3 is 1.27 bits per heavy atom. The lowest BCUT2D eigenvalue weighted by molar-refractivity contribution is -0.161. The van der Waals surface area contributed by atoms with E-state index in [2.05, 4.69) is 38.2 Å². The Kier molecular flexibility index (Phi) is 43.3. The number of esters is 2. The molecule has 1 unspecified atom stereocenters. The smallest absolute Gasteiger partial charge is 0.462 e. The summed E-state index contributed by atoms with van der Waals surface area (Å²) in [5.74, 6) is -0.919. The summed E-state index contributed by atoms with van der Waals surface area (Å²) in [7, 11) is -4.62. The Hall–Kier alpha value is -1.55. The van der Waals surface area contributed by atoms with Crippen molar-refractivity contribution in [3.63, 3.8) is 0 Å². The lowest BCUT2D eigenvalue weighted by Crippen LogP contribution is -2.29. The third kappa shape index (κ3) is 44.3. The molecule has 0 rings (SSSR count). The minimum absolute atomic E-state index is 0.186. The van der Waals surface area contributed by atoms with Crippen LogP contribution in [-0.4, -0.2) is 65.7 Å². The first-order valence-corrected chi connectivity index (χ1v) is 25.8. The van der Waals surface area contributed by atoms with E-state index in [0.29, 0.717) is 12.8 Å². The van der Waals surface area contributed by atoms with Crippen molar-refractivity contribution in [2.24, 2.45) is 0 Å². The predicted molar refractivity (Wildman–Crippen MR) is 242 cm³/mol. The van der Waals surface area contributed by atoms with E-state index in [9.17, 15) is 24.2 Å². The number of allylic oxidation sites excluding steroid dienone is 4. The van der Waals surface area contributed by atoms with E-state index in [1.807, 2.05) is 0 Å². The van der Waals surface area contributed by atoms with Gasteiger partial charge < -0.3 is 24.6 Å². The third-order valence-electron chi connectivity index (χ3n) is 10.6. The molecule has 0 bridgehead atoms. The summed E-state index contributed by atoms with van der Waals surface area (Å²) in [5.41, 5.74) is 0. The molecule has 0 aliphatic rings. The van der Waals surface area contributed by atoms with Crippen LogP contribution >= 0.6 is 7.82 Å². The van der Waals surface area contributed by atoms with Gasteiger partial charge in [-0.3, -0.25) is 18.6 Å². The Morgan fingerprint density at radius 1 is 0.492 bits per heavy atom. The fourth-order valence-corrected chi connectivity index (χ4v) is 7.58. The van der Waals surface area contributed by atoms with E-state index in [1.54, 1.807) is 0 Å². The highest BCUT2D eigenvalue weighted by Gasteiger charge is 2.27. The molecule has 0 heterocycles. The first kappa shape index (κ1) is 57.4. The van der Waals surface area contributed by atoms with Crippen LogP contribution in [0.15, 0.2) is 24.3 Å². The Labute approximate surface area is 361 Å². The number of carbonyl (C=O) groups is 2. The number of aliphatic hydroxyl groups is 2. The zero-order valence-corrected chi connectivity index (χ0v) is 38.9. The zero-order chi connectivity index (χ0) is 43.3. The van der Waals surface area contributed by atoms with Gasteiger partial charge in [-0.1, -0.05) is 186 Å². The molecule has 0 amide bonds. The van der Waals surface area contributed by atoms with Crippen LogP contribution in [0.1, 0.15) is 232 Å². The molecule has 0 aliphatic heterocycles. The predicted octanol–water partition coefficient (Wildman–Crippen LogP) is 13.3. The zero-order valence-electron chi connectivity index (χ0n) is 38.0. The van der Waals surface area contributed by atoms with Crippen molar-refractivity contribution in [3.8, 4) is 0 Å². The summed E-state index contributed by atoms with van der Waals surface area (Å²) in [6.07, 6.45) is 45.7. The van der Waals surface area contributed by atoms with Crippen molar-refractivity contribution < 1.29 is 47.8 Å². The summed E-state index contributed by atoms with van der Waals surface area (Å²) in [6, 6.07) is 0. The topological polar surface area (TPSA) is 149 Å². The highest BCUT2D eigenvalue weighted by molar-refractivity contribution is 7.47. The van der Waals surface area contributed by atoms with E-state index in [0.717, 1.165) is 38.5 Å². The van der Waals surface area contributed by atoms with Gasteiger partial charge in [-0.15, -0.1) is 0 Å². The molecule has 3 N–H and O–H groups in total. The van der Waals surface area contributed by atoms with Crippen LogP contribution in [0.2, 0.25) is 0 Å². The average molecular weight is 859 g/mol. The number of rotatable bonds is 46. The molecule has 0 spiro atoms. The van der Waals surface area contributed by atoms with Crippen LogP contribution in [-0.2, 0) is 32.7 Å². The molecular formula is C48H91O10P. The number of ether oxygens (including phenoxy) is 2. The second-order valence-electron chi connectivity index (χ2n) is 16.5. The quantitative estimate of drug-likeness (QED) is 0.0234. The summed E-state index contributed by atoms with van der Waals surface area (Å²) < 4.78 is 32.8. The normalized spacial score (nSPS) is 13.9. The number of hydrogen-bond donors (Lipinski definition) is 3. The fourth-order valence-electron chi connectivity index (χ4n) is 6.79. The molecule has 0 aromatic carbocycles. The maximum absolute atomic E-state index is 12.7. The number of unbranched alkanes of at least 4 members (excludes halogenated alkanes) is 28. The molecule has 0 saturated carbocycles. The van der Waals surface area contributed by atoms with Gasteiger partial charge in [0.05, 0.1) is 19.8 Å². The molecule has 10 nitrogen and oxygen atoms in total. The molecule has 0 aromatic rings. The highest BCUT2D eigenvalue weighted by atomic mass is 31.2. The van der Waals surface area contributed by atoms with Crippen LogP contribution in [0.4, 0.5) is 0 Å². The van der Waals surface area contributed by atoms with Crippen LogP contribution in [0, 0.1) is 0 Å². The Balaban J connectivity index is 4.18. The van der Waals surface area contributed by atoms with E-state index in [4.69, 9.17) is 23.6 Å². The summed E-state index contributed by atoms with van der Waals surface area (Å²) >= 11 is 0. The maximum atomic E-state index is 12.7. The SMILES string of the molecule is CCCC/C=C/CCCCCCCCCCCC(=O)OC[C@H](COP(=O)(O)OC[C@@H](O)CO)OC(=O)CCCCCCCCCCCCC/C=C/CCCCCCCC. The Bertz CT molecular complexity index is 1040. The van der Waals surface area contributed by atoms with Gasteiger partial charge in [0.1, 0.15) is 12.7 Å². The number of hydrogen-bond acceptors (Lipinski definition) is 9. The number of phosphoric ester groups is 1. The van der Waals surface area contributed by atoms with Crippen LogP contribution in [0.5, 0.6) is 0 Å². The molecule has 0 aliphatic carbocycles. The molecule has 59 heavy (non-hydrogen) atoms. The van der Waals surface area contributed by atoms with Gasteiger partial charge in [-0.25, -0.2) is 4.57 Å². The molecule has 0 aromatic heterocycles. The lowest BCUT2D eigenvalue weighted by atomic mass is 10.0. The number of aliphatic hydroxyl groups excluding tert-OH is 2. The van der Waals surface area contributed by atoms with Crippen molar-refractivity contribution in [1.29, 1.82) is 0 Å². The maximum Gasteiger partial charge on any atom is 0.472 e. The minimum Gasteiger partial charge on any atom is -0.462 e. The van der Waals surface area contributed by atoms with Crippen LogP contribution in [0.25, 0.3) is 0 Å². The van der Waals surface area contributed by atoms with E-state index >= 15 is 0 Å².